The zero-order valence-corrected chi connectivity index (χ0v) is 13.8. The van der Waals surface area contributed by atoms with Crippen molar-refractivity contribution in [2.24, 2.45) is 11.1 Å². The standard InChI is InChI=1S/C17H24N4O2/c1-11-7-12-14(8-15(11)22-2)19-9-13-16(23-20-17(12)13)10-21-5-3-18-4-6-21/h7-8,13,16,18-19H,3-6,9-10H2,1-2H3. The predicted molar refractivity (Wildman–Crippen MR) is 90.4 cm³/mol. The van der Waals surface area contributed by atoms with E-state index in [0.29, 0.717) is 5.92 Å². The molecular weight excluding hydrogens is 292 g/mol. The number of hydrogen-bond acceptors (Lipinski definition) is 6. The van der Waals surface area contributed by atoms with Gasteiger partial charge in [0.1, 0.15) is 11.9 Å². The minimum absolute atomic E-state index is 0.145. The van der Waals surface area contributed by atoms with Crippen molar-refractivity contribution in [3.63, 3.8) is 0 Å². The number of anilines is 1. The smallest absolute Gasteiger partial charge is 0.150 e. The number of nitrogens with zero attached hydrogens (tertiary/aromatic N) is 2. The Morgan fingerprint density at radius 3 is 2.96 bits per heavy atom. The molecule has 0 amide bonds. The lowest BCUT2D eigenvalue weighted by Crippen LogP contribution is -2.48. The maximum Gasteiger partial charge on any atom is 0.150 e. The third-order valence-electron chi connectivity index (χ3n) is 5.06. The first-order chi connectivity index (χ1) is 11.3. The third-order valence-corrected chi connectivity index (χ3v) is 5.06. The zero-order chi connectivity index (χ0) is 15.8. The molecule has 1 saturated heterocycles. The Balaban J connectivity index is 1.53. The van der Waals surface area contributed by atoms with E-state index >= 15 is 0 Å². The van der Waals surface area contributed by atoms with Crippen LogP contribution in [0, 0.1) is 12.8 Å². The largest absolute Gasteiger partial charge is 0.496 e. The summed E-state index contributed by atoms with van der Waals surface area (Å²) in [6.07, 6.45) is 0.145. The number of benzene rings is 1. The topological polar surface area (TPSA) is 58.1 Å². The fourth-order valence-electron chi connectivity index (χ4n) is 3.71. The Bertz CT molecular complexity index is 625. The normalized spacial score (nSPS) is 26.6. The van der Waals surface area contributed by atoms with Crippen LogP contribution < -0.4 is 15.4 Å². The highest BCUT2D eigenvalue weighted by Crippen LogP contribution is 2.36. The highest BCUT2D eigenvalue weighted by atomic mass is 16.6. The summed E-state index contributed by atoms with van der Waals surface area (Å²) in [7, 11) is 1.71. The Morgan fingerprint density at radius 2 is 2.17 bits per heavy atom. The van der Waals surface area contributed by atoms with Crippen LogP contribution in [0.2, 0.25) is 0 Å². The highest BCUT2D eigenvalue weighted by molar-refractivity contribution is 6.09. The van der Waals surface area contributed by atoms with E-state index in [9.17, 15) is 0 Å². The van der Waals surface area contributed by atoms with E-state index in [1.807, 2.05) is 0 Å². The molecule has 1 aromatic rings. The molecule has 3 aliphatic rings. The molecule has 1 fully saturated rings. The molecule has 3 aliphatic heterocycles. The van der Waals surface area contributed by atoms with Crippen molar-refractivity contribution in [2.45, 2.75) is 13.0 Å². The minimum atomic E-state index is 0.145. The molecule has 0 radical (unpaired) electrons. The second-order valence-electron chi connectivity index (χ2n) is 6.53. The van der Waals surface area contributed by atoms with Gasteiger partial charge in [0.2, 0.25) is 0 Å². The fraction of sp³-hybridized carbons (Fsp3) is 0.588. The van der Waals surface area contributed by atoms with E-state index < -0.39 is 0 Å². The molecule has 6 nitrogen and oxygen atoms in total. The van der Waals surface area contributed by atoms with E-state index in [0.717, 1.165) is 67.5 Å². The number of hydrogen-bond donors (Lipinski definition) is 2. The molecule has 124 valence electrons. The van der Waals surface area contributed by atoms with E-state index in [4.69, 9.17) is 9.57 Å². The first-order valence-electron chi connectivity index (χ1n) is 8.36. The molecule has 0 aromatic heterocycles. The van der Waals surface area contributed by atoms with E-state index in [1.165, 1.54) is 0 Å². The summed E-state index contributed by atoms with van der Waals surface area (Å²) in [5.74, 6) is 1.23. The van der Waals surface area contributed by atoms with Crippen LogP contribution in [-0.4, -0.2) is 63.1 Å². The summed E-state index contributed by atoms with van der Waals surface area (Å²) in [5.41, 5.74) is 4.46. The Morgan fingerprint density at radius 1 is 1.35 bits per heavy atom. The number of ether oxygens (including phenoxy) is 1. The summed E-state index contributed by atoms with van der Waals surface area (Å²) in [5, 5.41) is 11.4. The maximum atomic E-state index is 5.81. The first kappa shape index (κ1) is 14.8. The molecule has 3 heterocycles. The quantitative estimate of drug-likeness (QED) is 0.873. The first-order valence-corrected chi connectivity index (χ1v) is 8.36. The number of aryl methyl sites for hydroxylation is 1. The van der Waals surface area contributed by atoms with Crippen molar-refractivity contribution in [1.82, 2.24) is 10.2 Å². The van der Waals surface area contributed by atoms with Crippen molar-refractivity contribution in [3.05, 3.63) is 23.3 Å². The maximum absolute atomic E-state index is 5.81. The fourth-order valence-corrected chi connectivity index (χ4v) is 3.71. The number of rotatable bonds is 3. The summed E-state index contributed by atoms with van der Waals surface area (Å²) in [4.78, 5) is 8.28. The summed E-state index contributed by atoms with van der Waals surface area (Å²) >= 11 is 0. The van der Waals surface area contributed by atoms with Crippen molar-refractivity contribution in [2.75, 3.05) is 51.7 Å². The molecule has 1 aromatic carbocycles. The van der Waals surface area contributed by atoms with Gasteiger partial charge in [0.05, 0.1) is 18.7 Å². The molecule has 0 saturated carbocycles. The van der Waals surface area contributed by atoms with Crippen LogP contribution in [-0.2, 0) is 4.84 Å². The van der Waals surface area contributed by atoms with E-state index in [-0.39, 0.29) is 6.10 Å². The number of fused-ring (bicyclic) bond motifs is 3. The highest BCUT2D eigenvalue weighted by Gasteiger charge is 2.39. The molecule has 2 unspecified atom stereocenters. The molecule has 0 bridgehead atoms. The number of piperazine rings is 1. The molecule has 0 spiro atoms. The van der Waals surface area contributed by atoms with Crippen LogP contribution >= 0.6 is 0 Å². The van der Waals surface area contributed by atoms with Gasteiger partial charge in [0.25, 0.3) is 0 Å². The average Bonchev–Trinajstić information content (AvgIpc) is 2.98. The Hall–Kier alpha value is -1.79. The number of methoxy groups -OCH3 is 1. The summed E-state index contributed by atoms with van der Waals surface area (Å²) in [6, 6.07) is 4.22. The van der Waals surface area contributed by atoms with Gasteiger partial charge in [0, 0.05) is 56.6 Å². The van der Waals surface area contributed by atoms with Crippen LogP contribution in [0.15, 0.2) is 17.3 Å². The van der Waals surface area contributed by atoms with Crippen molar-refractivity contribution >= 4 is 11.4 Å². The second kappa shape index (κ2) is 6.02. The van der Waals surface area contributed by atoms with Gasteiger partial charge in [-0.3, -0.25) is 4.90 Å². The second-order valence-corrected chi connectivity index (χ2v) is 6.53. The van der Waals surface area contributed by atoms with Crippen molar-refractivity contribution in [1.29, 1.82) is 0 Å². The van der Waals surface area contributed by atoms with Gasteiger partial charge in [-0.1, -0.05) is 5.16 Å². The molecule has 4 rings (SSSR count). The van der Waals surface area contributed by atoms with E-state index in [1.54, 1.807) is 7.11 Å². The van der Waals surface area contributed by atoms with Gasteiger partial charge in [-0.05, 0) is 18.6 Å². The van der Waals surface area contributed by atoms with Gasteiger partial charge in [0.15, 0.2) is 0 Å². The monoisotopic (exact) mass is 316 g/mol. The van der Waals surface area contributed by atoms with Crippen LogP contribution in [0.1, 0.15) is 11.1 Å². The number of nitrogens with one attached hydrogen (secondary N) is 2. The predicted octanol–water partition coefficient (Wildman–Crippen LogP) is 1.05. The summed E-state index contributed by atoms with van der Waals surface area (Å²) in [6.45, 7) is 8.18. The molecular formula is C17H24N4O2. The van der Waals surface area contributed by atoms with Gasteiger partial charge in [-0.25, -0.2) is 0 Å². The summed E-state index contributed by atoms with van der Waals surface area (Å²) < 4.78 is 5.42. The Labute approximate surface area is 136 Å². The van der Waals surface area contributed by atoms with Gasteiger partial charge in [-0.15, -0.1) is 0 Å². The van der Waals surface area contributed by atoms with Gasteiger partial charge in [-0.2, -0.15) is 0 Å². The lowest BCUT2D eigenvalue weighted by Gasteiger charge is -2.32. The lowest BCUT2D eigenvalue weighted by atomic mass is 9.87. The molecule has 2 atom stereocenters. The van der Waals surface area contributed by atoms with E-state index in [2.05, 4.69) is 39.7 Å². The average molecular weight is 316 g/mol. The SMILES string of the molecule is COc1cc2c(cc1C)C1=NOC(CN3CCNCC3)C1CN2. The van der Waals surface area contributed by atoms with Crippen molar-refractivity contribution < 1.29 is 9.57 Å². The van der Waals surface area contributed by atoms with Crippen molar-refractivity contribution in [3.8, 4) is 5.75 Å². The molecule has 23 heavy (non-hydrogen) atoms. The minimum Gasteiger partial charge on any atom is -0.496 e. The lowest BCUT2D eigenvalue weighted by molar-refractivity contribution is 0.0308. The third kappa shape index (κ3) is 2.66. The van der Waals surface area contributed by atoms with Gasteiger partial charge < -0.3 is 20.2 Å². The van der Waals surface area contributed by atoms with Gasteiger partial charge >= 0.3 is 0 Å². The zero-order valence-electron chi connectivity index (χ0n) is 13.8. The van der Waals surface area contributed by atoms with Crippen LogP contribution in [0.4, 0.5) is 5.69 Å². The van der Waals surface area contributed by atoms with Crippen LogP contribution in [0.25, 0.3) is 0 Å². The van der Waals surface area contributed by atoms with Crippen LogP contribution in [0.3, 0.4) is 0 Å². The molecule has 6 heteroatoms. The Kier molecular flexibility index (Phi) is 3.87. The number of oxime groups is 1. The molecule has 2 N–H and O–H groups in total. The van der Waals surface area contributed by atoms with Crippen LogP contribution in [0.5, 0.6) is 5.75 Å². The molecule has 0 aliphatic carbocycles.